The minimum absolute atomic E-state index is 0.101. The fraction of sp³-hybridized carbons (Fsp3) is 0.455. The number of aliphatic hydroxyl groups is 3. The molecule has 104 valence electrons. The Bertz CT molecular complexity index is 454. The molecular weight excluding hydrogens is 258 g/mol. The first kappa shape index (κ1) is 13.7. The fourth-order valence-corrected chi connectivity index (χ4v) is 1.85. The normalized spacial score (nSPS) is 34.2. The molecule has 0 aliphatic carbocycles. The van der Waals surface area contributed by atoms with E-state index in [1.165, 1.54) is 12.1 Å². The molecule has 8 nitrogen and oxygen atoms in total. The molecule has 1 saturated heterocycles. The molecule has 0 radical (unpaired) electrons. The lowest BCUT2D eigenvalue weighted by Gasteiger charge is -2.23. The Morgan fingerprint density at radius 2 is 2.00 bits per heavy atom. The quantitative estimate of drug-likeness (QED) is 0.369. The lowest BCUT2D eigenvalue weighted by atomic mass is 10.1. The van der Waals surface area contributed by atoms with Gasteiger partial charge >= 0.3 is 5.91 Å². The Morgan fingerprint density at radius 3 is 2.47 bits per heavy atom. The Morgan fingerprint density at radius 1 is 1.37 bits per heavy atom. The number of hydrogen-bond donors (Lipinski definition) is 3. The van der Waals surface area contributed by atoms with Crippen molar-refractivity contribution in [3.05, 3.63) is 40.4 Å². The summed E-state index contributed by atoms with van der Waals surface area (Å²) in [4.78, 5) is 10.2. The van der Waals surface area contributed by atoms with Crippen molar-refractivity contribution in [2.45, 2.75) is 24.2 Å². The van der Waals surface area contributed by atoms with Gasteiger partial charge in [0.05, 0.1) is 6.61 Å². The molecule has 0 amide bonds. The number of benzene rings is 1. The van der Waals surface area contributed by atoms with E-state index in [-0.39, 0.29) is 5.75 Å². The van der Waals surface area contributed by atoms with Crippen molar-refractivity contribution < 1.29 is 29.7 Å². The molecule has 0 aromatic heterocycles. The molecule has 4 atom stereocenters. The van der Waals surface area contributed by atoms with Gasteiger partial charge in [0.1, 0.15) is 22.9 Å². The van der Waals surface area contributed by atoms with Gasteiger partial charge in [-0.2, -0.15) is 0 Å². The lowest BCUT2D eigenvalue weighted by Crippen LogP contribution is -2.54. The van der Waals surface area contributed by atoms with Gasteiger partial charge in [-0.05, 0) is 12.1 Å². The maximum Gasteiger partial charge on any atom is 0.513 e. The molecule has 1 heterocycles. The minimum atomic E-state index is -2.63. The van der Waals surface area contributed by atoms with Crippen LogP contribution in [0.5, 0.6) is 5.75 Å². The van der Waals surface area contributed by atoms with E-state index < -0.39 is 35.8 Å². The SMILES string of the molecule is O=[N+]([O-])C1(Oc2ccccc2)O[C@H](CO)[C@@H](O)[C@@H]1O. The van der Waals surface area contributed by atoms with Crippen molar-refractivity contribution in [2.24, 2.45) is 0 Å². The molecule has 2 rings (SSSR count). The molecule has 1 unspecified atom stereocenters. The molecule has 8 heteroatoms. The minimum Gasteiger partial charge on any atom is -0.403 e. The Balaban J connectivity index is 2.32. The van der Waals surface area contributed by atoms with E-state index in [1.807, 2.05) is 0 Å². The van der Waals surface area contributed by atoms with E-state index in [9.17, 15) is 20.3 Å². The maximum absolute atomic E-state index is 11.1. The second-order valence-electron chi connectivity index (χ2n) is 4.08. The molecule has 0 bridgehead atoms. The Kier molecular flexibility index (Phi) is 3.67. The van der Waals surface area contributed by atoms with Crippen LogP contribution < -0.4 is 4.74 Å². The van der Waals surface area contributed by atoms with Gasteiger partial charge in [-0.3, -0.25) is 14.9 Å². The first-order valence-electron chi connectivity index (χ1n) is 5.54. The van der Waals surface area contributed by atoms with Crippen LogP contribution in [-0.2, 0) is 4.74 Å². The Labute approximate surface area is 108 Å². The van der Waals surface area contributed by atoms with Gasteiger partial charge in [0.15, 0.2) is 0 Å². The third-order valence-electron chi connectivity index (χ3n) is 2.84. The summed E-state index contributed by atoms with van der Waals surface area (Å²) >= 11 is 0. The van der Waals surface area contributed by atoms with Crippen molar-refractivity contribution in [1.82, 2.24) is 0 Å². The molecule has 1 aromatic rings. The highest BCUT2D eigenvalue weighted by Crippen LogP contribution is 2.34. The molecule has 19 heavy (non-hydrogen) atoms. The van der Waals surface area contributed by atoms with E-state index in [2.05, 4.69) is 0 Å². The predicted molar refractivity (Wildman–Crippen MR) is 60.8 cm³/mol. The van der Waals surface area contributed by atoms with Crippen molar-refractivity contribution >= 4 is 0 Å². The summed E-state index contributed by atoms with van der Waals surface area (Å²) in [7, 11) is 0. The van der Waals surface area contributed by atoms with E-state index in [0.29, 0.717) is 0 Å². The second-order valence-corrected chi connectivity index (χ2v) is 4.08. The summed E-state index contributed by atoms with van der Waals surface area (Å²) < 4.78 is 10.0. The van der Waals surface area contributed by atoms with Gasteiger partial charge in [-0.1, -0.05) is 18.2 Å². The van der Waals surface area contributed by atoms with E-state index in [4.69, 9.17) is 14.6 Å². The first-order valence-corrected chi connectivity index (χ1v) is 5.54. The molecule has 1 aromatic carbocycles. The maximum atomic E-state index is 11.1. The van der Waals surface area contributed by atoms with Crippen LogP contribution in [0, 0.1) is 10.1 Å². The zero-order valence-corrected chi connectivity index (χ0v) is 9.75. The van der Waals surface area contributed by atoms with Crippen LogP contribution in [0.25, 0.3) is 0 Å². The third-order valence-corrected chi connectivity index (χ3v) is 2.84. The number of hydrogen-bond acceptors (Lipinski definition) is 7. The first-order chi connectivity index (χ1) is 9.01. The predicted octanol–water partition coefficient (Wildman–Crippen LogP) is -0.891. The zero-order chi connectivity index (χ0) is 14.0. The monoisotopic (exact) mass is 271 g/mol. The molecule has 1 fully saturated rings. The standard InChI is InChI=1S/C11H13NO7/c13-6-8-9(14)10(15)11(19-8,12(16)17)18-7-4-2-1-3-5-7/h1-5,8-10,13-15H,6H2/t8-,9-,10+,11?/m1/s1. The molecule has 0 saturated carbocycles. The highest BCUT2D eigenvalue weighted by atomic mass is 16.8. The highest BCUT2D eigenvalue weighted by Gasteiger charge is 2.67. The van der Waals surface area contributed by atoms with Crippen LogP contribution in [-0.4, -0.2) is 51.1 Å². The summed E-state index contributed by atoms with van der Waals surface area (Å²) in [6, 6.07) is 7.75. The number of nitrogens with zero attached hydrogens (tertiary/aromatic N) is 1. The number of nitro groups is 1. The average molecular weight is 271 g/mol. The van der Waals surface area contributed by atoms with Crippen LogP contribution in [0.1, 0.15) is 0 Å². The zero-order valence-electron chi connectivity index (χ0n) is 9.75. The summed E-state index contributed by atoms with van der Waals surface area (Å²) in [6.07, 6.45) is -4.82. The Hall–Kier alpha value is -1.74. The lowest BCUT2D eigenvalue weighted by molar-refractivity contribution is -0.684. The molecule has 1 aliphatic heterocycles. The average Bonchev–Trinajstić information content (AvgIpc) is 2.65. The molecule has 3 N–H and O–H groups in total. The summed E-state index contributed by atoms with van der Waals surface area (Å²) in [5.74, 6) is -2.53. The smallest absolute Gasteiger partial charge is 0.403 e. The summed E-state index contributed by atoms with van der Waals surface area (Å²) in [6.45, 7) is -0.675. The second kappa shape index (κ2) is 5.10. The van der Waals surface area contributed by atoms with Gasteiger partial charge in [-0.25, -0.2) is 0 Å². The van der Waals surface area contributed by atoms with E-state index >= 15 is 0 Å². The number of aliphatic hydroxyl groups excluding tert-OH is 3. The van der Waals surface area contributed by atoms with Crippen molar-refractivity contribution in [2.75, 3.05) is 6.61 Å². The van der Waals surface area contributed by atoms with Gasteiger partial charge in [-0.15, -0.1) is 0 Å². The molecular formula is C11H13NO7. The van der Waals surface area contributed by atoms with Crippen LogP contribution in [0.4, 0.5) is 0 Å². The number of rotatable bonds is 4. The van der Waals surface area contributed by atoms with Crippen molar-refractivity contribution in [1.29, 1.82) is 0 Å². The third kappa shape index (κ3) is 2.26. The van der Waals surface area contributed by atoms with Crippen LogP contribution in [0.3, 0.4) is 0 Å². The van der Waals surface area contributed by atoms with Crippen LogP contribution in [0.15, 0.2) is 30.3 Å². The van der Waals surface area contributed by atoms with Crippen LogP contribution in [0.2, 0.25) is 0 Å². The van der Waals surface area contributed by atoms with Crippen molar-refractivity contribution in [3.8, 4) is 5.75 Å². The van der Waals surface area contributed by atoms with E-state index in [1.54, 1.807) is 18.2 Å². The van der Waals surface area contributed by atoms with Crippen LogP contribution >= 0.6 is 0 Å². The van der Waals surface area contributed by atoms with Gasteiger partial charge in [0, 0.05) is 0 Å². The fourth-order valence-electron chi connectivity index (χ4n) is 1.85. The van der Waals surface area contributed by atoms with E-state index in [0.717, 1.165) is 0 Å². The van der Waals surface area contributed by atoms with Gasteiger partial charge in [0.25, 0.3) is 0 Å². The van der Waals surface area contributed by atoms with Gasteiger partial charge < -0.3 is 20.1 Å². The highest BCUT2D eigenvalue weighted by molar-refractivity contribution is 5.21. The topological polar surface area (TPSA) is 122 Å². The summed E-state index contributed by atoms with van der Waals surface area (Å²) in [5.41, 5.74) is 0. The molecule has 0 spiro atoms. The van der Waals surface area contributed by atoms with Gasteiger partial charge in [0.2, 0.25) is 6.10 Å². The largest absolute Gasteiger partial charge is 0.513 e. The number of para-hydroxylation sites is 1. The molecule has 1 aliphatic rings. The van der Waals surface area contributed by atoms with Crippen molar-refractivity contribution in [3.63, 3.8) is 0 Å². The number of ether oxygens (including phenoxy) is 2. The summed E-state index contributed by atoms with van der Waals surface area (Å²) in [5, 5.41) is 39.5.